The molecule has 0 unspecified atom stereocenters. The minimum Gasteiger partial charge on any atom is -0.456 e. The van der Waals surface area contributed by atoms with E-state index in [0.717, 1.165) is 37.0 Å². The van der Waals surface area contributed by atoms with Crippen LogP contribution in [-0.4, -0.2) is 31.1 Å². The van der Waals surface area contributed by atoms with Crippen LogP contribution in [0.1, 0.15) is 58.8 Å². The predicted molar refractivity (Wildman–Crippen MR) is 92.6 cm³/mol. The number of hydrogen-bond acceptors (Lipinski definition) is 4. The fourth-order valence-electron chi connectivity index (χ4n) is 5.51. The van der Waals surface area contributed by atoms with E-state index in [1.54, 1.807) is 0 Å². The number of hydrogen-bond donors (Lipinski definition) is 2. The lowest BCUT2D eigenvalue weighted by molar-refractivity contribution is -0.155. The Kier molecular flexibility index (Phi) is 5.35. The van der Waals surface area contributed by atoms with E-state index in [-0.39, 0.29) is 18.0 Å². The topological polar surface area (TPSA) is 84.5 Å². The minimum absolute atomic E-state index is 0.108. The summed E-state index contributed by atoms with van der Waals surface area (Å²) in [7, 11) is 0. The van der Waals surface area contributed by atoms with Crippen LogP contribution in [0.15, 0.2) is 0 Å². The molecule has 0 aromatic carbocycles. The Hall–Kier alpha value is -1.59. The number of rotatable bonds is 6. The Labute approximate surface area is 149 Å². The van der Waals surface area contributed by atoms with Gasteiger partial charge in [-0.05, 0) is 67.6 Å². The van der Waals surface area contributed by atoms with Crippen molar-refractivity contribution in [3.8, 4) is 0 Å². The van der Waals surface area contributed by atoms with Crippen LogP contribution < -0.4 is 10.6 Å². The molecule has 6 heteroatoms. The first-order valence-electron chi connectivity index (χ1n) is 9.57. The van der Waals surface area contributed by atoms with Crippen LogP contribution in [0.25, 0.3) is 0 Å². The van der Waals surface area contributed by atoms with Crippen molar-refractivity contribution in [3.05, 3.63) is 0 Å². The highest BCUT2D eigenvalue weighted by atomic mass is 16.5. The molecule has 4 bridgehead atoms. The lowest BCUT2D eigenvalue weighted by Gasteiger charge is -2.56. The molecule has 0 atom stereocenters. The maximum Gasteiger partial charge on any atom is 0.321 e. The minimum atomic E-state index is -0.583. The van der Waals surface area contributed by atoms with E-state index < -0.39 is 11.9 Å². The monoisotopic (exact) mass is 350 g/mol. The smallest absolute Gasteiger partial charge is 0.321 e. The molecular weight excluding hydrogens is 320 g/mol. The molecule has 0 radical (unpaired) electrons. The van der Waals surface area contributed by atoms with E-state index >= 15 is 0 Å². The fraction of sp³-hybridized carbons (Fsp3) is 0.842. The van der Waals surface area contributed by atoms with Crippen molar-refractivity contribution in [2.75, 3.05) is 13.2 Å². The first-order valence-corrected chi connectivity index (χ1v) is 9.57. The van der Waals surface area contributed by atoms with Crippen LogP contribution in [0.4, 0.5) is 4.79 Å². The summed E-state index contributed by atoms with van der Waals surface area (Å²) in [4.78, 5) is 35.5. The third-order valence-corrected chi connectivity index (χ3v) is 5.97. The molecule has 0 aromatic rings. The fourth-order valence-corrected chi connectivity index (χ4v) is 5.51. The highest BCUT2D eigenvalue weighted by Gasteiger charge is 2.51. The number of esters is 1. The van der Waals surface area contributed by atoms with Gasteiger partial charge in [-0.1, -0.05) is 13.8 Å². The maximum atomic E-state index is 12.2. The van der Waals surface area contributed by atoms with Gasteiger partial charge in [-0.2, -0.15) is 0 Å². The molecule has 4 fully saturated rings. The predicted octanol–water partition coefficient (Wildman–Crippen LogP) is 2.62. The van der Waals surface area contributed by atoms with Crippen molar-refractivity contribution in [2.45, 2.75) is 58.8 Å². The second-order valence-corrected chi connectivity index (χ2v) is 8.91. The zero-order valence-corrected chi connectivity index (χ0v) is 15.3. The zero-order valence-electron chi connectivity index (χ0n) is 15.3. The SMILES string of the molecule is CC(C)CNC(=O)NC(=O)COC(=O)CC12CC3CC(CC(C3)C1)C2. The Morgan fingerprint density at radius 1 is 1.04 bits per heavy atom. The van der Waals surface area contributed by atoms with Crippen LogP contribution in [0.5, 0.6) is 0 Å². The molecule has 0 aromatic heterocycles. The number of ether oxygens (including phenoxy) is 1. The first kappa shape index (κ1) is 18.2. The van der Waals surface area contributed by atoms with Gasteiger partial charge < -0.3 is 10.1 Å². The van der Waals surface area contributed by atoms with Gasteiger partial charge in [0.15, 0.2) is 6.61 Å². The van der Waals surface area contributed by atoms with E-state index in [9.17, 15) is 14.4 Å². The second-order valence-electron chi connectivity index (χ2n) is 8.91. The molecule has 4 aliphatic carbocycles. The van der Waals surface area contributed by atoms with Crippen LogP contribution in [-0.2, 0) is 14.3 Å². The number of urea groups is 1. The van der Waals surface area contributed by atoms with E-state index in [4.69, 9.17) is 4.74 Å². The van der Waals surface area contributed by atoms with Gasteiger partial charge in [-0.25, -0.2) is 4.79 Å². The van der Waals surface area contributed by atoms with Gasteiger partial charge in [-0.3, -0.25) is 14.9 Å². The summed E-state index contributed by atoms with van der Waals surface area (Å²) < 4.78 is 5.14. The van der Waals surface area contributed by atoms with E-state index in [1.807, 2.05) is 13.8 Å². The van der Waals surface area contributed by atoms with E-state index in [1.165, 1.54) is 19.3 Å². The van der Waals surface area contributed by atoms with Crippen molar-refractivity contribution >= 4 is 17.9 Å². The normalized spacial score (nSPS) is 32.5. The molecule has 140 valence electrons. The molecule has 0 heterocycles. The summed E-state index contributed by atoms with van der Waals surface area (Å²) in [6.45, 7) is 4.04. The molecule has 25 heavy (non-hydrogen) atoms. The molecule has 0 aliphatic heterocycles. The number of imide groups is 1. The molecular formula is C19H30N2O4. The Bertz CT molecular complexity index is 508. The van der Waals surface area contributed by atoms with Crippen LogP contribution in [0.2, 0.25) is 0 Å². The van der Waals surface area contributed by atoms with Gasteiger partial charge in [0.05, 0.1) is 6.42 Å². The summed E-state index contributed by atoms with van der Waals surface area (Å²) in [6, 6.07) is -0.546. The standard InChI is InChI=1S/C19H30N2O4/c1-12(2)10-20-18(24)21-16(22)11-25-17(23)9-19-6-13-3-14(7-19)5-15(4-13)8-19/h12-15H,3-11H2,1-2H3,(H2,20,21,22,24). The van der Waals surface area contributed by atoms with Crippen molar-refractivity contribution in [3.63, 3.8) is 0 Å². The molecule has 3 amide bonds. The summed E-state index contributed by atoms with van der Waals surface area (Å²) in [5.41, 5.74) is 0.108. The molecule has 0 saturated heterocycles. The number of carbonyl (C=O) groups is 3. The Morgan fingerprint density at radius 2 is 1.60 bits per heavy atom. The van der Waals surface area contributed by atoms with Crippen molar-refractivity contribution in [2.24, 2.45) is 29.1 Å². The van der Waals surface area contributed by atoms with Gasteiger partial charge >= 0.3 is 12.0 Å². The highest BCUT2D eigenvalue weighted by molar-refractivity contribution is 5.95. The van der Waals surface area contributed by atoms with Gasteiger partial charge in [0, 0.05) is 6.54 Å². The van der Waals surface area contributed by atoms with Gasteiger partial charge in [0.25, 0.3) is 5.91 Å². The number of nitrogens with one attached hydrogen (secondary N) is 2. The van der Waals surface area contributed by atoms with Crippen molar-refractivity contribution < 1.29 is 19.1 Å². The summed E-state index contributed by atoms with van der Waals surface area (Å²) >= 11 is 0. The molecule has 4 aliphatic rings. The van der Waals surface area contributed by atoms with Crippen LogP contribution in [0, 0.1) is 29.1 Å². The molecule has 2 N–H and O–H groups in total. The molecule has 4 rings (SSSR count). The lowest BCUT2D eigenvalue weighted by atomic mass is 9.49. The van der Waals surface area contributed by atoms with Crippen molar-refractivity contribution in [1.29, 1.82) is 0 Å². The summed E-state index contributed by atoms with van der Waals surface area (Å²) in [5, 5.41) is 4.78. The molecule has 4 saturated carbocycles. The van der Waals surface area contributed by atoms with Gasteiger partial charge in [0.2, 0.25) is 0 Å². The maximum absolute atomic E-state index is 12.2. The summed E-state index contributed by atoms with van der Waals surface area (Å²) in [5.74, 6) is 1.77. The average Bonchev–Trinajstić information content (AvgIpc) is 2.49. The van der Waals surface area contributed by atoms with E-state index in [2.05, 4.69) is 10.6 Å². The van der Waals surface area contributed by atoms with Crippen molar-refractivity contribution in [1.82, 2.24) is 10.6 Å². The zero-order chi connectivity index (χ0) is 18.0. The largest absolute Gasteiger partial charge is 0.456 e. The lowest BCUT2D eigenvalue weighted by Crippen LogP contribution is -2.47. The number of amides is 3. The number of carbonyl (C=O) groups excluding carboxylic acids is 3. The Morgan fingerprint density at radius 3 is 2.12 bits per heavy atom. The quantitative estimate of drug-likeness (QED) is 0.721. The van der Waals surface area contributed by atoms with E-state index in [0.29, 0.717) is 18.9 Å². The highest BCUT2D eigenvalue weighted by Crippen LogP contribution is 2.61. The third-order valence-electron chi connectivity index (χ3n) is 5.97. The first-order chi connectivity index (χ1) is 11.8. The molecule has 0 spiro atoms. The third kappa shape index (κ3) is 4.73. The summed E-state index contributed by atoms with van der Waals surface area (Å²) in [6.07, 6.45) is 7.84. The average molecular weight is 350 g/mol. The van der Waals surface area contributed by atoms with Gasteiger partial charge in [-0.15, -0.1) is 0 Å². The Balaban J connectivity index is 1.40. The molecule has 6 nitrogen and oxygen atoms in total. The van der Waals surface area contributed by atoms with Gasteiger partial charge in [0.1, 0.15) is 0 Å². The van der Waals surface area contributed by atoms with Crippen LogP contribution >= 0.6 is 0 Å². The second kappa shape index (κ2) is 7.34. The van der Waals surface area contributed by atoms with Crippen LogP contribution in [0.3, 0.4) is 0 Å².